The average Bonchev–Trinajstić information content (AvgIpc) is 2.69. The summed E-state index contributed by atoms with van der Waals surface area (Å²) >= 11 is 0. The summed E-state index contributed by atoms with van der Waals surface area (Å²) in [5.74, 6) is -0.500. The average molecular weight is 220 g/mol. The second kappa shape index (κ2) is 4.66. The van der Waals surface area contributed by atoms with Crippen molar-refractivity contribution in [2.45, 2.75) is 38.4 Å². The zero-order valence-electron chi connectivity index (χ0n) is 9.35. The molecule has 0 radical (unpaired) electrons. The fourth-order valence-electron chi connectivity index (χ4n) is 2.01. The second-order valence-corrected chi connectivity index (χ2v) is 4.16. The molecule has 0 amide bonds. The summed E-state index contributed by atoms with van der Waals surface area (Å²) < 4.78 is 5.26. The Morgan fingerprint density at radius 3 is 2.50 bits per heavy atom. The summed E-state index contributed by atoms with van der Waals surface area (Å²) in [7, 11) is 0. The largest absolute Gasteiger partial charge is 0.460 e. The van der Waals surface area contributed by atoms with Crippen LogP contribution in [-0.4, -0.2) is 23.3 Å². The molecule has 86 valence electrons. The number of esters is 1. The first kappa shape index (κ1) is 11.1. The molecule has 0 saturated carbocycles. The molecule has 0 bridgehead atoms. The van der Waals surface area contributed by atoms with Crippen LogP contribution in [0.1, 0.15) is 24.5 Å². The highest BCUT2D eigenvalue weighted by molar-refractivity contribution is 5.74. The molecule has 1 unspecified atom stereocenters. The number of carbonyl (C=O) groups excluding carboxylic acids is 1. The molecule has 1 aromatic carbocycles. The van der Waals surface area contributed by atoms with Gasteiger partial charge in [0.2, 0.25) is 0 Å². The van der Waals surface area contributed by atoms with E-state index in [9.17, 15) is 9.90 Å². The molecule has 16 heavy (non-hydrogen) atoms. The summed E-state index contributed by atoms with van der Waals surface area (Å²) in [6.45, 7) is 1.76. The first-order valence-corrected chi connectivity index (χ1v) is 5.66. The lowest BCUT2D eigenvalue weighted by Gasteiger charge is -2.13. The maximum absolute atomic E-state index is 11.4. The predicted octanol–water partition coefficient (Wildman–Crippen LogP) is 1.47. The Balaban J connectivity index is 1.95. The molecule has 2 rings (SSSR count). The van der Waals surface area contributed by atoms with Crippen LogP contribution in [0.5, 0.6) is 0 Å². The molecule has 3 heteroatoms. The van der Waals surface area contributed by atoms with Crippen LogP contribution >= 0.6 is 0 Å². The molecule has 0 saturated heterocycles. The van der Waals surface area contributed by atoms with E-state index < -0.39 is 12.1 Å². The molecular weight excluding hydrogens is 204 g/mol. The fraction of sp³-hybridized carbons (Fsp3) is 0.462. The molecule has 1 atom stereocenters. The van der Waals surface area contributed by atoms with Crippen LogP contribution in [0.4, 0.5) is 0 Å². The summed E-state index contributed by atoms with van der Waals surface area (Å²) in [5, 5.41) is 9.33. The molecule has 1 aliphatic rings. The van der Waals surface area contributed by atoms with E-state index in [-0.39, 0.29) is 6.10 Å². The van der Waals surface area contributed by atoms with Gasteiger partial charge in [-0.3, -0.25) is 0 Å². The van der Waals surface area contributed by atoms with Crippen LogP contribution < -0.4 is 0 Å². The van der Waals surface area contributed by atoms with E-state index in [2.05, 4.69) is 12.1 Å². The van der Waals surface area contributed by atoms with Gasteiger partial charge >= 0.3 is 5.97 Å². The van der Waals surface area contributed by atoms with E-state index in [1.54, 1.807) is 6.92 Å². The minimum atomic E-state index is -0.983. The van der Waals surface area contributed by atoms with E-state index in [4.69, 9.17) is 4.74 Å². The van der Waals surface area contributed by atoms with Crippen LogP contribution in [0.25, 0.3) is 0 Å². The summed E-state index contributed by atoms with van der Waals surface area (Å²) in [6, 6.07) is 8.09. The maximum Gasteiger partial charge on any atom is 0.335 e. The van der Waals surface area contributed by atoms with Crippen molar-refractivity contribution < 1.29 is 14.6 Å². The van der Waals surface area contributed by atoms with Crippen LogP contribution in [0.15, 0.2) is 24.3 Å². The SMILES string of the molecule is CCC(O)C(=O)OC1Cc2ccccc2C1. The number of aliphatic hydroxyl groups excluding tert-OH is 1. The Morgan fingerprint density at radius 1 is 1.44 bits per heavy atom. The topological polar surface area (TPSA) is 46.5 Å². The third-order valence-electron chi connectivity index (χ3n) is 2.96. The maximum atomic E-state index is 11.4. The Kier molecular flexibility index (Phi) is 3.25. The third-order valence-corrected chi connectivity index (χ3v) is 2.96. The minimum Gasteiger partial charge on any atom is -0.460 e. The van der Waals surface area contributed by atoms with Crippen molar-refractivity contribution >= 4 is 5.97 Å². The lowest BCUT2D eigenvalue weighted by molar-refractivity contribution is -0.158. The summed E-state index contributed by atoms with van der Waals surface area (Å²) in [5.41, 5.74) is 2.48. The van der Waals surface area contributed by atoms with E-state index in [1.807, 2.05) is 12.1 Å². The molecule has 1 aliphatic carbocycles. The molecular formula is C13H16O3. The predicted molar refractivity (Wildman–Crippen MR) is 60.0 cm³/mol. The highest BCUT2D eigenvalue weighted by Gasteiger charge is 2.26. The molecule has 3 nitrogen and oxygen atoms in total. The normalized spacial score (nSPS) is 16.9. The molecule has 1 N–H and O–H groups in total. The Bertz CT molecular complexity index is 362. The molecule has 0 spiro atoms. The highest BCUT2D eigenvalue weighted by atomic mass is 16.6. The Hall–Kier alpha value is -1.35. The number of ether oxygens (including phenoxy) is 1. The monoisotopic (exact) mass is 220 g/mol. The molecule has 1 aromatic rings. The standard InChI is InChI=1S/C13H16O3/c1-2-12(14)13(15)16-11-7-9-5-3-4-6-10(9)8-11/h3-6,11-12,14H,2,7-8H2,1H3. The Morgan fingerprint density at radius 2 is 2.00 bits per heavy atom. The number of rotatable bonds is 3. The smallest absolute Gasteiger partial charge is 0.335 e. The minimum absolute atomic E-state index is 0.105. The van der Waals surface area contributed by atoms with Gasteiger partial charge in [-0.05, 0) is 17.5 Å². The van der Waals surface area contributed by atoms with Gasteiger partial charge in [-0.15, -0.1) is 0 Å². The number of aliphatic hydroxyl groups is 1. The van der Waals surface area contributed by atoms with Crippen molar-refractivity contribution in [3.8, 4) is 0 Å². The first-order chi connectivity index (χ1) is 7.70. The number of hydrogen-bond donors (Lipinski definition) is 1. The van der Waals surface area contributed by atoms with Crippen LogP contribution in [0.2, 0.25) is 0 Å². The summed E-state index contributed by atoms with van der Waals surface area (Å²) in [4.78, 5) is 11.4. The van der Waals surface area contributed by atoms with Gasteiger partial charge < -0.3 is 9.84 Å². The number of carbonyl (C=O) groups is 1. The molecule has 0 aliphatic heterocycles. The first-order valence-electron chi connectivity index (χ1n) is 5.66. The zero-order chi connectivity index (χ0) is 11.5. The van der Waals surface area contributed by atoms with Crippen molar-refractivity contribution in [1.29, 1.82) is 0 Å². The van der Waals surface area contributed by atoms with Crippen LogP contribution in [0, 0.1) is 0 Å². The van der Waals surface area contributed by atoms with Crippen molar-refractivity contribution in [2.75, 3.05) is 0 Å². The van der Waals surface area contributed by atoms with Crippen molar-refractivity contribution in [3.05, 3.63) is 35.4 Å². The zero-order valence-corrected chi connectivity index (χ0v) is 9.35. The van der Waals surface area contributed by atoms with Gasteiger partial charge in [-0.2, -0.15) is 0 Å². The van der Waals surface area contributed by atoms with E-state index in [0.717, 1.165) is 12.8 Å². The molecule has 0 heterocycles. The van der Waals surface area contributed by atoms with E-state index in [0.29, 0.717) is 6.42 Å². The lowest BCUT2D eigenvalue weighted by Crippen LogP contribution is -2.27. The fourth-order valence-corrected chi connectivity index (χ4v) is 2.01. The van der Waals surface area contributed by atoms with Gasteiger partial charge in [0.1, 0.15) is 6.10 Å². The van der Waals surface area contributed by atoms with Gasteiger partial charge in [0.25, 0.3) is 0 Å². The van der Waals surface area contributed by atoms with Crippen molar-refractivity contribution in [2.24, 2.45) is 0 Å². The summed E-state index contributed by atoms with van der Waals surface area (Å²) in [6.07, 6.45) is 0.838. The highest BCUT2D eigenvalue weighted by Crippen LogP contribution is 2.24. The number of benzene rings is 1. The second-order valence-electron chi connectivity index (χ2n) is 4.16. The van der Waals surface area contributed by atoms with Crippen molar-refractivity contribution in [1.82, 2.24) is 0 Å². The van der Waals surface area contributed by atoms with Gasteiger partial charge in [-0.1, -0.05) is 31.2 Å². The van der Waals surface area contributed by atoms with E-state index >= 15 is 0 Å². The number of fused-ring (bicyclic) bond motifs is 1. The number of hydrogen-bond acceptors (Lipinski definition) is 3. The van der Waals surface area contributed by atoms with Gasteiger partial charge in [0.05, 0.1) is 0 Å². The van der Waals surface area contributed by atoms with Crippen LogP contribution in [0.3, 0.4) is 0 Å². The van der Waals surface area contributed by atoms with Crippen LogP contribution in [-0.2, 0) is 22.4 Å². The Labute approximate surface area is 95.0 Å². The van der Waals surface area contributed by atoms with Gasteiger partial charge in [0.15, 0.2) is 6.10 Å². The third kappa shape index (κ3) is 2.25. The van der Waals surface area contributed by atoms with Gasteiger partial charge in [-0.25, -0.2) is 4.79 Å². The lowest BCUT2D eigenvalue weighted by atomic mass is 10.1. The van der Waals surface area contributed by atoms with E-state index in [1.165, 1.54) is 11.1 Å². The molecule has 0 fully saturated rings. The quantitative estimate of drug-likeness (QED) is 0.785. The van der Waals surface area contributed by atoms with Crippen molar-refractivity contribution in [3.63, 3.8) is 0 Å². The van der Waals surface area contributed by atoms with Gasteiger partial charge in [0, 0.05) is 12.8 Å². The molecule has 0 aromatic heterocycles.